The second-order valence-electron chi connectivity index (χ2n) is 5.18. The van der Waals surface area contributed by atoms with Crippen molar-refractivity contribution in [3.8, 4) is 11.3 Å². The Morgan fingerprint density at radius 1 is 1.24 bits per heavy atom. The zero-order valence-electron chi connectivity index (χ0n) is 12.9. The number of anilines is 1. The summed E-state index contributed by atoms with van der Waals surface area (Å²) < 4.78 is 15.6. The van der Waals surface area contributed by atoms with E-state index in [2.05, 4.69) is 10.3 Å². The lowest BCUT2D eigenvalue weighted by Gasteiger charge is -2.14. The highest BCUT2D eigenvalue weighted by Gasteiger charge is 2.18. The number of fused-ring (bicyclic) bond motifs is 1. The predicted molar refractivity (Wildman–Crippen MR) is 92.2 cm³/mol. The van der Waals surface area contributed by atoms with E-state index in [1.165, 1.54) is 17.6 Å². The van der Waals surface area contributed by atoms with Crippen molar-refractivity contribution in [2.45, 2.75) is 0 Å². The van der Waals surface area contributed by atoms with E-state index in [1.807, 2.05) is 12.1 Å². The van der Waals surface area contributed by atoms with E-state index in [-0.39, 0.29) is 5.76 Å². The van der Waals surface area contributed by atoms with Crippen LogP contribution in [0.5, 0.6) is 0 Å². The molecule has 4 rings (SSSR count). The number of benzene rings is 1. The van der Waals surface area contributed by atoms with Crippen molar-refractivity contribution in [1.29, 1.82) is 0 Å². The van der Waals surface area contributed by atoms with Crippen LogP contribution in [0.2, 0.25) is 0 Å². The summed E-state index contributed by atoms with van der Waals surface area (Å²) >= 11 is 1.20. The Morgan fingerprint density at radius 2 is 2.12 bits per heavy atom. The quantitative estimate of drug-likeness (QED) is 0.726. The molecule has 0 saturated heterocycles. The molecule has 126 valence electrons. The summed E-state index contributed by atoms with van der Waals surface area (Å²) in [6.45, 7) is 0.733. The monoisotopic (exact) mass is 356 g/mol. The van der Waals surface area contributed by atoms with Crippen molar-refractivity contribution in [2.75, 3.05) is 18.5 Å². The molecule has 3 aromatic rings. The van der Waals surface area contributed by atoms with Gasteiger partial charge >= 0.3 is 5.63 Å². The van der Waals surface area contributed by atoms with Crippen LogP contribution in [0.1, 0.15) is 0 Å². The van der Waals surface area contributed by atoms with Gasteiger partial charge in [-0.05, 0) is 12.1 Å². The van der Waals surface area contributed by atoms with Crippen LogP contribution in [0.25, 0.3) is 22.2 Å². The van der Waals surface area contributed by atoms with Crippen LogP contribution in [-0.2, 0) is 14.3 Å². The Hall–Kier alpha value is -3.13. The number of carbonyl (C=O) groups is 1. The number of rotatable bonds is 3. The number of carbonyl (C=O) groups excluding carboxylic acids is 1. The summed E-state index contributed by atoms with van der Waals surface area (Å²) in [5.41, 5.74) is 0.816. The van der Waals surface area contributed by atoms with Crippen molar-refractivity contribution >= 4 is 33.3 Å². The molecule has 0 radical (unpaired) electrons. The molecule has 0 spiro atoms. The highest BCUT2D eigenvalue weighted by molar-refractivity contribution is 7.14. The number of thiazole rings is 1. The topological polar surface area (TPSA) is 90.7 Å². The standard InChI is InChI=1S/C17H12N2O5S/c20-15(14-8-22-5-6-23-14)19-17-18-12(9-25-17)11-7-10-3-1-2-4-13(10)24-16(11)21/h1-4,7-9H,5-6H2,(H,18,19,20). The minimum atomic E-state index is -0.478. The minimum Gasteiger partial charge on any atom is -0.494 e. The minimum absolute atomic E-state index is 0.0909. The fourth-order valence-electron chi connectivity index (χ4n) is 2.34. The van der Waals surface area contributed by atoms with Gasteiger partial charge in [0, 0.05) is 10.8 Å². The molecule has 25 heavy (non-hydrogen) atoms. The molecule has 3 heterocycles. The average molecular weight is 356 g/mol. The lowest BCUT2D eigenvalue weighted by Crippen LogP contribution is -2.21. The Balaban J connectivity index is 1.61. The van der Waals surface area contributed by atoms with Crippen molar-refractivity contribution in [3.63, 3.8) is 0 Å². The van der Waals surface area contributed by atoms with E-state index in [0.717, 1.165) is 5.39 Å². The van der Waals surface area contributed by atoms with Crippen molar-refractivity contribution in [3.05, 3.63) is 58.2 Å². The third kappa shape index (κ3) is 3.11. The molecule has 1 aromatic carbocycles. The molecule has 0 unspecified atom stereocenters. The Bertz CT molecular complexity index is 1040. The number of nitrogens with one attached hydrogen (secondary N) is 1. The molecule has 0 fully saturated rings. The lowest BCUT2D eigenvalue weighted by molar-refractivity contribution is -0.117. The summed E-state index contributed by atoms with van der Waals surface area (Å²) in [5.74, 6) is -0.362. The van der Waals surface area contributed by atoms with E-state index in [9.17, 15) is 9.59 Å². The Kier molecular flexibility index (Phi) is 3.95. The highest BCUT2D eigenvalue weighted by atomic mass is 32.1. The molecule has 0 saturated carbocycles. The molecule has 0 aliphatic carbocycles. The van der Waals surface area contributed by atoms with Crippen molar-refractivity contribution in [2.24, 2.45) is 0 Å². The molecule has 1 amide bonds. The number of nitrogens with zero attached hydrogens (tertiary/aromatic N) is 1. The van der Waals surface area contributed by atoms with Gasteiger partial charge in [0.25, 0.3) is 5.91 Å². The fourth-order valence-corrected chi connectivity index (χ4v) is 3.05. The summed E-state index contributed by atoms with van der Waals surface area (Å²) in [4.78, 5) is 28.5. The molecule has 8 heteroatoms. The van der Waals surface area contributed by atoms with E-state index >= 15 is 0 Å². The number of hydrogen-bond acceptors (Lipinski definition) is 7. The molecule has 1 aliphatic rings. The van der Waals surface area contributed by atoms with Crippen LogP contribution < -0.4 is 10.9 Å². The number of hydrogen-bond donors (Lipinski definition) is 1. The Morgan fingerprint density at radius 3 is 2.96 bits per heavy atom. The highest BCUT2D eigenvalue weighted by Crippen LogP contribution is 2.25. The molecular formula is C17H12N2O5S. The zero-order valence-corrected chi connectivity index (χ0v) is 13.7. The van der Waals surface area contributed by atoms with Gasteiger partial charge in [-0.2, -0.15) is 0 Å². The maximum absolute atomic E-state index is 12.2. The van der Waals surface area contributed by atoms with Crippen molar-refractivity contribution < 1.29 is 18.7 Å². The Labute approximate surface area is 145 Å². The maximum atomic E-state index is 12.2. The first-order valence-electron chi connectivity index (χ1n) is 7.45. The SMILES string of the molecule is O=C(Nc1nc(-c2cc3ccccc3oc2=O)cs1)C1=COCCO1. The maximum Gasteiger partial charge on any atom is 0.345 e. The number of para-hydroxylation sites is 1. The summed E-state index contributed by atoms with van der Waals surface area (Å²) in [6, 6.07) is 8.96. The molecular weight excluding hydrogens is 344 g/mol. The van der Waals surface area contributed by atoms with Crippen LogP contribution in [0, 0.1) is 0 Å². The molecule has 2 aromatic heterocycles. The molecule has 0 bridgehead atoms. The van der Waals surface area contributed by atoms with Gasteiger partial charge in [-0.25, -0.2) is 9.78 Å². The first kappa shape index (κ1) is 15.4. The predicted octanol–water partition coefficient (Wildman–Crippen LogP) is 2.74. The van der Waals surface area contributed by atoms with Gasteiger partial charge in [0.1, 0.15) is 25.1 Å². The third-order valence-electron chi connectivity index (χ3n) is 3.51. The third-order valence-corrected chi connectivity index (χ3v) is 4.27. The molecule has 0 atom stereocenters. The van der Waals surface area contributed by atoms with Crippen LogP contribution in [-0.4, -0.2) is 24.1 Å². The van der Waals surface area contributed by atoms with Gasteiger partial charge in [0.15, 0.2) is 5.13 Å². The number of aromatic nitrogens is 1. The van der Waals surface area contributed by atoms with E-state index < -0.39 is 11.5 Å². The van der Waals surface area contributed by atoms with Crippen molar-refractivity contribution in [1.82, 2.24) is 4.98 Å². The second kappa shape index (κ2) is 6.40. The first-order valence-corrected chi connectivity index (χ1v) is 8.33. The lowest BCUT2D eigenvalue weighted by atomic mass is 10.1. The summed E-state index contributed by atoms with van der Waals surface area (Å²) in [7, 11) is 0. The molecule has 1 aliphatic heterocycles. The fraction of sp³-hybridized carbons (Fsp3) is 0.118. The molecule has 1 N–H and O–H groups in total. The average Bonchev–Trinajstić information content (AvgIpc) is 3.10. The summed E-state index contributed by atoms with van der Waals surface area (Å²) in [6.07, 6.45) is 1.27. The van der Waals surface area contributed by atoms with Crippen LogP contribution >= 0.6 is 11.3 Å². The van der Waals surface area contributed by atoms with Crippen LogP contribution in [0.4, 0.5) is 5.13 Å². The van der Waals surface area contributed by atoms with Gasteiger partial charge in [-0.15, -0.1) is 11.3 Å². The van der Waals surface area contributed by atoms with E-state index in [4.69, 9.17) is 13.9 Å². The first-order chi connectivity index (χ1) is 12.2. The largest absolute Gasteiger partial charge is 0.494 e. The molecule has 7 nitrogen and oxygen atoms in total. The normalized spacial score (nSPS) is 13.7. The van der Waals surface area contributed by atoms with Gasteiger partial charge in [-0.3, -0.25) is 10.1 Å². The van der Waals surface area contributed by atoms with Gasteiger partial charge in [0.05, 0.1) is 11.3 Å². The number of amides is 1. The second-order valence-corrected chi connectivity index (χ2v) is 6.04. The van der Waals surface area contributed by atoms with Gasteiger partial charge < -0.3 is 13.9 Å². The van der Waals surface area contributed by atoms with Crippen LogP contribution in [0.3, 0.4) is 0 Å². The smallest absolute Gasteiger partial charge is 0.345 e. The summed E-state index contributed by atoms with van der Waals surface area (Å²) in [5, 5.41) is 5.45. The van der Waals surface area contributed by atoms with Crippen LogP contribution in [0.15, 0.2) is 56.9 Å². The zero-order chi connectivity index (χ0) is 17.2. The number of ether oxygens (including phenoxy) is 2. The van der Waals surface area contributed by atoms with E-state index in [0.29, 0.717) is 35.2 Å². The van der Waals surface area contributed by atoms with Gasteiger partial charge in [0.2, 0.25) is 5.76 Å². The van der Waals surface area contributed by atoms with Gasteiger partial charge in [-0.1, -0.05) is 18.2 Å². The van der Waals surface area contributed by atoms with E-state index in [1.54, 1.807) is 23.6 Å².